The van der Waals surface area contributed by atoms with Crippen molar-refractivity contribution in [1.29, 1.82) is 0 Å². The maximum Gasteiger partial charge on any atom is 0.337 e. The van der Waals surface area contributed by atoms with Crippen molar-refractivity contribution in [2.75, 3.05) is 6.61 Å². The lowest BCUT2D eigenvalue weighted by Crippen LogP contribution is -2.15. The van der Waals surface area contributed by atoms with Crippen molar-refractivity contribution in [3.8, 4) is 0 Å². The number of aliphatic carboxylic acids is 1. The van der Waals surface area contributed by atoms with E-state index in [2.05, 4.69) is 15.9 Å². The molecule has 5 heteroatoms. The van der Waals surface area contributed by atoms with Gasteiger partial charge in [-0.1, -0.05) is 6.07 Å². The van der Waals surface area contributed by atoms with Crippen molar-refractivity contribution in [3.05, 3.63) is 34.1 Å². The predicted molar refractivity (Wildman–Crippen MR) is 56.1 cm³/mol. The lowest BCUT2D eigenvalue weighted by atomic mass is 10.1. The van der Waals surface area contributed by atoms with Gasteiger partial charge in [-0.25, -0.2) is 9.18 Å². The summed E-state index contributed by atoms with van der Waals surface area (Å²) in [6, 6.07) is 4.01. The Morgan fingerprint density at radius 2 is 2.33 bits per heavy atom. The molecule has 1 unspecified atom stereocenters. The van der Waals surface area contributed by atoms with Gasteiger partial charge in [0, 0.05) is 6.61 Å². The van der Waals surface area contributed by atoms with Gasteiger partial charge in [0.1, 0.15) is 5.82 Å². The third kappa shape index (κ3) is 3.00. The van der Waals surface area contributed by atoms with Gasteiger partial charge in [-0.05, 0) is 40.5 Å². The average Bonchev–Trinajstić information content (AvgIpc) is 2.18. The van der Waals surface area contributed by atoms with Crippen molar-refractivity contribution < 1.29 is 19.0 Å². The van der Waals surface area contributed by atoms with Crippen molar-refractivity contribution in [2.45, 2.75) is 13.0 Å². The summed E-state index contributed by atoms with van der Waals surface area (Å²) in [7, 11) is 0. The number of rotatable bonds is 4. The molecule has 0 aromatic heterocycles. The first-order chi connectivity index (χ1) is 7.06. The van der Waals surface area contributed by atoms with Crippen molar-refractivity contribution in [1.82, 2.24) is 0 Å². The Balaban J connectivity index is 3.01. The standard InChI is InChI=1S/C10H10BrFO3/c1-2-15-9(10(13)14)6-3-4-8(12)7(11)5-6/h3-5,9H,2H2,1H3,(H,13,14). The third-order valence-corrected chi connectivity index (χ3v) is 2.41. The molecule has 1 aromatic rings. The van der Waals surface area contributed by atoms with Crippen LogP contribution in [0.4, 0.5) is 4.39 Å². The van der Waals surface area contributed by atoms with E-state index in [4.69, 9.17) is 9.84 Å². The van der Waals surface area contributed by atoms with E-state index in [-0.39, 0.29) is 11.1 Å². The molecule has 0 aliphatic heterocycles. The molecule has 1 N–H and O–H groups in total. The first-order valence-corrected chi connectivity index (χ1v) is 5.15. The van der Waals surface area contributed by atoms with Gasteiger partial charge in [0.2, 0.25) is 0 Å². The smallest absolute Gasteiger partial charge is 0.337 e. The molecule has 3 nitrogen and oxygen atoms in total. The largest absolute Gasteiger partial charge is 0.479 e. The van der Waals surface area contributed by atoms with Crippen LogP contribution < -0.4 is 0 Å². The fourth-order valence-electron chi connectivity index (χ4n) is 1.15. The molecular formula is C10H10BrFO3. The van der Waals surface area contributed by atoms with Gasteiger partial charge in [-0.2, -0.15) is 0 Å². The Labute approximate surface area is 95.0 Å². The molecule has 1 aromatic carbocycles. The van der Waals surface area contributed by atoms with Crippen LogP contribution in [0.3, 0.4) is 0 Å². The zero-order valence-electron chi connectivity index (χ0n) is 8.04. The van der Waals surface area contributed by atoms with E-state index in [1.54, 1.807) is 6.92 Å². The highest BCUT2D eigenvalue weighted by Crippen LogP contribution is 2.23. The molecule has 0 heterocycles. The fourth-order valence-corrected chi connectivity index (χ4v) is 1.55. The topological polar surface area (TPSA) is 46.5 Å². The van der Waals surface area contributed by atoms with Gasteiger partial charge in [0.15, 0.2) is 6.10 Å². The van der Waals surface area contributed by atoms with E-state index in [1.807, 2.05) is 0 Å². The molecule has 15 heavy (non-hydrogen) atoms. The Morgan fingerprint density at radius 3 is 2.80 bits per heavy atom. The Hall–Kier alpha value is -0.940. The molecule has 0 spiro atoms. The number of carbonyl (C=O) groups is 1. The molecule has 1 rings (SSSR count). The molecule has 0 fully saturated rings. The zero-order valence-corrected chi connectivity index (χ0v) is 9.62. The minimum atomic E-state index is -1.09. The first-order valence-electron chi connectivity index (χ1n) is 4.35. The van der Waals surface area contributed by atoms with Crippen LogP contribution in [0.25, 0.3) is 0 Å². The lowest BCUT2D eigenvalue weighted by molar-refractivity contribution is -0.150. The van der Waals surface area contributed by atoms with Crippen LogP contribution >= 0.6 is 15.9 Å². The van der Waals surface area contributed by atoms with E-state index < -0.39 is 17.9 Å². The molecule has 0 aliphatic carbocycles. The second-order valence-corrected chi connectivity index (χ2v) is 3.70. The summed E-state index contributed by atoms with van der Waals surface area (Å²) < 4.78 is 18.2. The second-order valence-electron chi connectivity index (χ2n) is 2.85. The quantitative estimate of drug-likeness (QED) is 0.920. The van der Waals surface area contributed by atoms with Gasteiger partial charge in [-0.3, -0.25) is 0 Å². The Kier molecular flexibility index (Phi) is 4.23. The van der Waals surface area contributed by atoms with Crippen LogP contribution in [0, 0.1) is 5.82 Å². The van der Waals surface area contributed by atoms with E-state index in [0.29, 0.717) is 5.56 Å². The third-order valence-electron chi connectivity index (χ3n) is 1.80. The van der Waals surface area contributed by atoms with Crippen LogP contribution in [0.2, 0.25) is 0 Å². The van der Waals surface area contributed by atoms with Gasteiger partial charge >= 0.3 is 5.97 Å². The molecule has 0 saturated heterocycles. The van der Waals surface area contributed by atoms with Crippen molar-refractivity contribution in [3.63, 3.8) is 0 Å². The second kappa shape index (κ2) is 5.23. The summed E-state index contributed by atoms with van der Waals surface area (Å²) in [6.45, 7) is 1.99. The summed E-state index contributed by atoms with van der Waals surface area (Å²) in [5, 5.41) is 8.88. The number of hydrogen-bond acceptors (Lipinski definition) is 2. The molecule has 0 saturated carbocycles. The molecule has 0 aliphatic rings. The van der Waals surface area contributed by atoms with Gasteiger partial charge in [0.05, 0.1) is 4.47 Å². The van der Waals surface area contributed by atoms with E-state index >= 15 is 0 Å². The number of hydrogen-bond donors (Lipinski definition) is 1. The number of carboxylic acid groups (broad SMARTS) is 1. The summed E-state index contributed by atoms with van der Waals surface area (Å²) >= 11 is 2.99. The highest BCUT2D eigenvalue weighted by molar-refractivity contribution is 9.10. The molecule has 0 bridgehead atoms. The monoisotopic (exact) mass is 276 g/mol. The molecular weight excluding hydrogens is 267 g/mol. The van der Waals surface area contributed by atoms with Crippen LogP contribution in [0.5, 0.6) is 0 Å². The Bertz CT molecular complexity index is 368. The summed E-state index contributed by atoms with van der Waals surface area (Å²) in [5.74, 6) is -1.52. The zero-order chi connectivity index (χ0) is 11.4. The van der Waals surface area contributed by atoms with E-state index in [0.717, 1.165) is 0 Å². The normalized spacial score (nSPS) is 12.5. The van der Waals surface area contributed by atoms with E-state index in [1.165, 1.54) is 18.2 Å². The minimum Gasteiger partial charge on any atom is -0.479 e. The highest BCUT2D eigenvalue weighted by Gasteiger charge is 2.20. The van der Waals surface area contributed by atoms with Crippen LogP contribution in [0.15, 0.2) is 22.7 Å². The van der Waals surface area contributed by atoms with Crippen LogP contribution in [-0.2, 0) is 9.53 Å². The van der Waals surface area contributed by atoms with E-state index in [9.17, 15) is 9.18 Å². The summed E-state index contributed by atoms with van der Waals surface area (Å²) in [6.07, 6.45) is -1.05. The fraction of sp³-hybridized carbons (Fsp3) is 0.300. The number of carboxylic acids is 1. The van der Waals surface area contributed by atoms with Crippen LogP contribution in [-0.4, -0.2) is 17.7 Å². The van der Waals surface area contributed by atoms with Crippen LogP contribution in [0.1, 0.15) is 18.6 Å². The molecule has 0 amide bonds. The minimum absolute atomic E-state index is 0.228. The van der Waals surface area contributed by atoms with Crippen molar-refractivity contribution in [2.24, 2.45) is 0 Å². The molecule has 1 atom stereocenters. The average molecular weight is 277 g/mol. The van der Waals surface area contributed by atoms with Crippen molar-refractivity contribution >= 4 is 21.9 Å². The molecule has 82 valence electrons. The first kappa shape index (κ1) is 12.1. The maximum atomic E-state index is 12.9. The summed E-state index contributed by atoms with van der Waals surface area (Å²) in [4.78, 5) is 10.9. The number of ether oxygens (including phenoxy) is 1. The van der Waals surface area contributed by atoms with Gasteiger partial charge < -0.3 is 9.84 Å². The van der Waals surface area contributed by atoms with Gasteiger partial charge in [0.25, 0.3) is 0 Å². The summed E-state index contributed by atoms with van der Waals surface area (Å²) in [5.41, 5.74) is 0.414. The lowest BCUT2D eigenvalue weighted by Gasteiger charge is -2.12. The van der Waals surface area contributed by atoms with Gasteiger partial charge in [-0.15, -0.1) is 0 Å². The highest BCUT2D eigenvalue weighted by atomic mass is 79.9. The maximum absolute atomic E-state index is 12.9. The molecule has 0 radical (unpaired) electrons. The SMILES string of the molecule is CCOC(C(=O)O)c1ccc(F)c(Br)c1. The number of benzene rings is 1. The predicted octanol–water partition coefficient (Wildman–Crippen LogP) is 2.75. The number of halogens is 2. The Morgan fingerprint density at radius 1 is 1.67 bits per heavy atom.